The number of nitrogens with one attached hydrogen (secondary N) is 3. The van der Waals surface area contributed by atoms with E-state index in [1.165, 1.54) is 0 Å². The van der Waals surface area contributed by atoms with Crippen LogP contribution in [-0.2, 0) is 6.54 Å². The lowest BCUT2D eigenvalue weighted by Gasteiger charge is -2.06. The summed E-state index contributed by atoms with van der Waals surface area (Å²) in [6.45, 7) is 0.393. The molecule has 3 N–H and O–H groups in total. The Labute approximate surface area is 94.2 Å². The van der Waals surface area contributed by atoms with Crippen molar-refractivity contribution in [1.82, 2.24) is 16.0 Å². The summed E-state index contributed by atoms with van der Waals surface area (Å²) < 4.78 is 0. The smallest absolute Gasteiger partial charge is 0.314 e. The molecule has 5 heteroatoms. The van der Waals surface area contributed by atoms with Crippen LogP contribution in [0.4, 0.5) is 4.79 Å². The van der Waals surface area contributed by atoms with Crippen molar-refractivity contribution in [3.8, 4) is 0 Å². The average molecular weight is 221 g/mol. The Balaban J connectivity index is 2.67. The van der Waals surface area contributed by atoms with Crippen molar-refractivity contribution in [2.24, 2.45) is 0 Å². The molecular weight excluding hydrogens is 206 g/mol. The Morgan fingerprint density at radius 3 is 2.56 bits per heavy atom. The van der Waals surface area contributed by atoms with Gasteiger partial charge in [0.1, 0.15) is 0 Å². The summed E-state index contributed by atoms with van der Waals surface area (Å²) in [5.41, 5.74) is 1.46. The lowest BCUT2D eigenvalue weighted by molar-refractivity contribution is 0.0963. The fourth-order valence-electron chi connectivity index (χ4n) is 1.24. The minimum Gasteiger partial charge on any atom is -0.355 e. The maximum absolute atomic E-state index is 11.3. The van der Waals surface area contributed by atoms with E-state index < -0.39 is 0 Å². The van der Waals surface area contributed by atoms with Gasteiger partial charge in [-0.15, -0.1) is 0 Å². The first-order chi connectivity index (χ1) is 7.67. The van der Waals surface area contributed by atoms with Gasteiger partial charge in [0, 0.05) is 26.2 Å². The van der Waals surface area contributed by atoms with Gasteiger partial charge in [0.05, 0.1) is 0 Å². The highest BCUT2D eigenvalue weighted by Crippen LogP contribution is 2.04. The zero-order chi connectivity index (χ0) is 12.0. The molecule has 5 nitrogen and oxygen atoms in total. The number of hydrogen-bond donors (Lipinski definition) is 3. The van der Waals surface area contributed by atoms with Gasteiger partial charge in [0.25, 0.3) is 5.91 Å². The largest absolute Gasteiger partial charge is 0.355 e. The number of benzene rings is 1. The highest BCUT2D eigenvalue weighted by molar-refractivity contribution is 5.94. The van der Waals surface area contributed by atoms with Gasteiger partial charge >= 0.3 is 6.03 Å². The van der Waals surface area contributed by atoms with Crippen LogP contribution in [0.2, 0.25) is 0 Å². The number of urea groups is 1. The molecule has 0 unspecified atom stereocenters. The molecule has 0 heterocycles. The fourth-order valence-corrected chi connectivity index (χ4v) is 1.24. The molecule has 0 spiro atoms. The first-order valence-corrected chi connectivity index (χ1v) is 4.94. The lowest BCUT2D eigenvalue weighted by Crippen LogP contribution is -2.32. The summed E-state index contributed by atoms with van der Waals surface area (Å²) in [6.07, 6.45) is 0. The summed E-state index contributed by atoms with van der Waals surface area (Å²) in [5, 5.41) is 7.65. The van der Waals surface area contributed by atoms with E-state index >= 15 is 0 Å². The van der Waals surface area contributed by atoms with Crippen LogP contribution < -0.4 is 16.0 Å². The van der Waals surface area contributed by atoms with Crippen molar-refractivity contribution in [1.29, 1.82) is 0 Å². The van der Waals surface area contributed by atoms with Crippen LogP contribution in [0.15, 0.2) is 24.3 Å². The average Bonchev–Trinajstić information content (AvgIpc) is 2.35. The van der Waals surface area contributed by atoms with Crippen molar-refractivity contribution in [2.45, 2.75) is 6.54 Å². The fraction of sp³-hybridized carbons (Fsp3) is 0.273. The van der Waals surface area contributed by atoms with Crippen molar-refractivity contribution in [3.63, 3.8) is 0 Å². The van der Waals surface area contributed by atoms with Crippen molar-refractivity contribution >= 4 is 11.9 Å². The molecular formula is C11H15N3O2. The first-order valence-electron chi connectivity index (χ1n) is 4.94. The van der Waals surface area contributed by atoms with E-state index in [4.69, 9.17) is 0 Å². The molecule has 0 saturated heterocycles. The van der Waals surface area contributed by atoms with Crippen LogP contribution in [0.5, 0.6) is 0 Å². The van der Waals surface area contributed by atoms with E-state index in [2.05, 4.69) is 16.0 Å². The van der Waals surface area contributed by atoms with Crippen molar-refractivity contribution in [3.05, 3.63) is 35.4 Å². The molecule has 0 aromatic heterocycles. The normalized spacial score (nSPS) is 9.38. The van der Waals surface area contributed by atoms with Gasteiger partial charge in [-0.2, -0.15) is 0 Å². The molecule has 0 radical (unpaired) electrons. The van der Waals surface area contributed by atoms with Gasteiger partial charge in [-0.1, -0.05) is 12.1 Å². The molecule has 1 aromatic carbocycles. The Bertz CT molecular complexity index is 391. The summed E-state index contributed by atoms with van der Waals surface area (Å²) in [7, 11) is 3.13. The SMILES string of the molecule is CNC(=O)NCc1cccc(C(=O)NC)c1. The second kappa shape index (κ2) is 5.75. The predicted octanol–water partition coefficient (Wildman–Crippen LogP) is 0.475. The Morgan fingerprint density at radius 2 is 1.94 bits per heavy atom. The van der Waals surface area contributed by atoms with E-state index in [9.17, 15) is 9.59 Å². The molecule has 0 aliphatic rings. The summed E-state index contributed by atoms with van der Waals surface area (Å²) >= 11 is 0. The summed E-state index contributed by atoms with van der Waals surface area (Å²) in [5.74, 6) is -0.137. The molecule has 86 valence electrons. The van der Waals surface area contributed by atoms with Crippen LogP contribution in [0.3, 0.4) is 0 Å². The summed E-state index contributed by atoms with van der Waals surface area (Å²) in [4.78, 5) is 22.3. The maximum atomic E-state index is 11.3. The lowest BCUT2D eigenvalue weighted by atomic mass is 10.1. The maximum Gasteiger partial charge on any atom is 0.314 e. The van der Waals surface area contributed by atoms with Crippen LogP contribution in [0.1, 0.15) is 15.9 Å². The Hall–Kier alpha value is -2.04. The third-order valence-electron chi connectivity index (χ3n) is 2.10. The molecule has 1 aromatic rings. The van der Waals surface area contributed by atoms with Crippen LogP contribution in [0.25, 0.3) is 0 Å². The quantitative estimate of drug-likeness (QED) is 0.694. The summed E-state index contributed by atoms with van der Waals surface area (Å²) in [6, 6.07) is 6.86. The second-order valence-electron chi connectivity index (χ2n) is 3.21. The zero-order valence-electron chi connectivity index (χ0n) is 9.33. The van der Waals surface area contributed by atoms with Gasteiger partial charge in [-0.05, 0) is 17.7 Å². The monoisotopic (exact) mass is 221 g/mol. The highest BCUT2D eigenvalue weighted by atomic mass is 16.2. The molecule has 3 amide bonds. The van der Waals surface area contributed by atoms with Crippen LogP contribution in [0, 0.1) is 0 Å². The molecule has 0 aliphatic carbocycles. The first kappa shape index (κ1) is 12.0. The second-order valence-corrected chi connectivity index (χ2v) is 3.21. The third-order valence-corrected chi connectivity index (χ3v) is 2.10. The molecule has 0 bridgehead atoms. The number of amides is 3. The van der Waals surface area contributed by atoms with E-state index in [0.29, 0.717) is 12.1 Å². The molecule has 16 heavy (non-hydrogen) atoms. The molecule has 0 aliphatic heterocycles. The van der Waals surface area contributed by atoms with Crippen LogP contribution in [-0.4, -0.2) is 26.0 Å². The molecule has 0 fully saturated rings. The zero-order valence-corrected chi connectivity index (χ0v) is 9.33. The van der Waals surface area contributed by atoms with Gasteiger partial charge in [-0.25, -0.2) is 4.79 Å². The van der Waals surface area contributed by atoms with Gasteiger partial charge in [-0.3, -0.25) is 4.79 Å². The highest BCUT2D eigenvalue weighted by Gasteiger charge is 2.04. The van der Waals surface area contributed by atoms with Crippen molar-refractivity contribution in [2.75, 3.05) is 14.1 Å². The molecule has 0 atom stereocenters. The van der Waals surface area contributed by atoms with E-state index in [1.807, 2.05) is 6.07 Å². The van der Waals surface area contributed by atoms with E-state index in [0.717, 1.165) is 5.56 Å². The standard InChI is InChI=1S/C11H15N3O2/c1-12-10(15)9-5-3-4-8(6-9)7-14-11(16)13-2/h3-6H,7H2,1-2H3,(H,12,15)(H2,13,14,16). The topological polar surface area (TPSA) is 70.2 Å². The van der Waals surface area contributed by atoms with Gasteiger partial charge < -0.3 is 16.0 Å². The molecule has 1 rings (SSSR count). The van der Waals surface area contributed by atoms with Gasteiger partial charge in [0.15, 0.2) is 0 Å². The number of carbonyl (C=O) groups is 2. The van der Waals surface area contributed by atoms with Crippen LogP contribution >= 0.6 is 0 Å². The Kier molecular flexibility index (Phi) is 4.32. The number of rotatable bonds is 3. The number of hydrogen-bond acceptors (Lipinski definition) is 2. The van der Waals surface area contributed by atoms with E-state index in [1.54, 1.807) is 32.3 Å². The minimum atomic E-state index is -0.245. The van der Waals surface area contributed by atoms with Crippen molar-refractivity contribution < 1.29 is 9.59 Å². The molecule has 0 saturated carbocycles. The third kappa shape index (κ3) is 3.27. The van der Waals surface area contributed by atoms with Gasteiger partial charge in [0.2, 0.25) is 0 Å². The predicted molar refractivity (Wildman–Crippen MR) is 61.1 cm³/mol. The number of carbonyl (C=O) groups excluding carboxylic acids is 2. The minimum absolute atomic E-state index is 0.137. The van der Waals surface area contributed by atoms with E-state index in [-0.39, 0.29) is 11.9 Å². The Morgan fingerprint density at radius 1 is 1.19 bits per heavy atom.